The summed E-state index contributed by atoms with van der Waals surface area (Å²) < 4.78 is 10.1. The number of rotatable bonds is 3. The third kappa shape index (κ3) is 4.85. The highest BCUT2D eigenvalue weighted by Crippen LogP contribution is 2.31. The molecule has 26 heavy (non-hydrogen) atoms. The lowest BCUT2D eigenvalue weighted by atomic mass is 9.94. The molecule has 0 saturated heterocycles. The average Bonchev–Trinajstić information content (AvgIpc) is 2.51. The van der Waals surface area contributed by atoms with Crippen LogP contribution < -0.4 is 5.32 Å². The molecule has 0 aliphatic heterocycles. The molecule has 138 valence electrons. The van der Waals surface area contributed by atoms with Gasteiger partial charge in [0.05, 0.1) is 12.7 Å². The van der Waals surface area contributed by atoms with Crippen LogP contribution in [0.2, 0.25) is 0 Å². The van der Waals surface area contributed by atoms with Crippen molar-refractivity contribution in [3.63, 3.8) is 0 Å². The number of nitrogens with one attached hydrogen (secondary N) is 1. The summed E-state index contributed by atoms with van der Waals surface area (Å²) in [5.74, 6) is -0.467. The molecule has 5 heteroatoms. The quantitative estimate of drug-likeness (QED) is 0.778. The van der Waals surface area contributed by atoms with Gasteiger partial charge in [0.2, 0.25) is 0 Å². The van der Waals surface area contributed by atoms with Gasteiger partial charge in [0.25, 0.3) is 0 Å². The number of amides is 1. The maximum absolute atomic E-state index is 12.1. The van der Waals surface area contributed by atoms with Gasteiger partial charge in [0.1, 0.15) is 5.60 Å². The molecule has 0 aliphatic carbocycles. The number of anilines is 1. The number of benzene rings is 2. The molecule has 2 aromatic rings. The largest absolute Gasteiger partial charge is 0.465 e. The molecule has 0 unspecified atom stereocenters. The van der Waals surface area contributed by atoms with Crippen molar-refractivity contribution in [1.82, 2.24) is 0 Å². The molecule has 2 rings (SSSR count). The lowest BCUT2D eigenvalue weighted by Crippen LogP contribution is -2.27. The maximum atomic E-state index is 12.1. The highest BCUT2D eigenvalue weighted by Gasteiger charge is 2.18. The van der Waals surface area contributed by atoms with E-state index in [0.29, 0.717) is 11.3 Å². The van der Waals surface area contributed by atoms with Crippen LogP contribution in [0.1, 0.15) is 42.3 Å². The van der Waals surface area contributed by atoms with Crippen LogP contribution in [0.15, 0.2) is 36.4 Å². The predicted octanol–water partition coefficient (Wildman–Crippen LogP) is 5.10. The van der Waals surface area contributed by atoms with E-state index in [9.17, 15) is 9.59 Å². The molecule has 0 radical (unpaired) electrons. The number of aryl methyl sites for hydroxylation is 2. The Labute approximate surface area is 154 Å². The highest BCUT2D eigenvalue weighted by molar-refractivity contribution is 5.95. The van der Waals surface area contributed by atoms with E-state index in [1.165, 1.54) is 7.11 Å². The van der Waals surface area contributed by atoms with E-state index < -0.39 is 17.7 Å². The molecule has 5 nitrogen and oxygen atoms in total. The molecule has 0 saturated carbocycles. The van der Waals surface area contributed by atoms with Crippen molar-refractivity contribution in [2.75, 3.05) is 12.4 Å². The molecule has 2 aromatic carbocycles. The monoisotopic (exact) mass is 355 g/mol. The second-order valence-corrected chi connectivity index (χ2v) is 7.18. The average molecular weight is 355 g/mol. The Morgan fingerprint density at radius 1 is 1.00 bits per heavy atom. The summed E-state index contributed by atoms with van der Waals surface area (Å²) in [5.41, 5.74) is 4.23. The third-order valence-corrected chi connectivity index (χ3v) is 3.77. The second-order valence-electron chi connectivity index (χ2n) is 7.18. The van der Waals surface area contributed by atoms with E-state index in [2.05, 4.69) is 5.32 Å². The van der Waals surface area contributed by atoms with Crippen LogP contribution in [-0.2, 0) is 9.47 Å². The zero-order valence-electron chi connectivity index (χ0n) is 16.1. The number of ether oxygens (including phenoxy) is 2. The minimum absolute atomic E-state index is 0.360. The van der Waals surface area contributed by atoms with Crippen LogP contribution in [0, 0.1) is 13.8 Å². The number of hydrogen-bond acceptors (Lipinski definition) is 4. The topological polar surface area (TPSA) is 64.6 Å². The fraction of sp³-hybridized carbons (Fsp3) is 0.333. The van der Waals surface area contributed by atoms with Gasteiger partial charge in [-0.05, 0) is 75.1 Å². The van der Waals surface area contributed by atoms with E-state index in [4.69, 9.17) is 9.47 Å². The minimum atomic E-state index is -0.612. The summed E-state index contributed by atoms with van der Waals surface area (Å²) in [6.07, 6.45) is -0.577. The standard InChI is InChI=1S/C21H25NO4/c1-13-8-7-9-14(2)18(13)15-10-16(19(23)25-6)12-17(11-15)22-20(24)26-21(3,4)5/h7-12H,1-6H3,(H,22,24). The van der Waals surface area contributed by atoms with Crippen molar-refractivity contribution in [3.8, 4) is 11.1 Å². The van der Waals surface area contributed by atoms with Crippen molar-refractivity contribution in [1.29, 1.82) is 0 Å². The summed E-state index contributed by atoms with van der Waals surface area (Å²) in [6.45, 7) is 9.39. The van der Waals surface area contributed by atoms with Gasteiger partial charge >= 0.3 is 12.1 Å². The fourth-order valence-electron chi connectivity index (χ4n) is 2.77. The van der Waals surface area contributed by atoms with Gasteiger partial charge in [-0.1, -0.05) is 18.2 Å². The minimum Gasteiger partial charge on any atom is -0.465 e. The van der Waals surface area contributed by atoms with Crippen LogP contribution >= 0.6 is 0 Å². The van der Waals surface area contributed by atoms with Crippen LogP contribution in [-0.4, -0.2) is 24.8 Å². The Bertz CT molecular complexity index is 814. The van der Waals surface area contributed by atoms with Gasteiger partial charge < -0.3 is 9.47 Å². The zero-order chi connectivity index (χ0) is 19.5. The number of carbonyl (C=O) groups excluding carboxylic acids is 2. The Morgan fingerprint density at radius 3 is 2.15 bits per heavy atom. The van der Waals surface area contributed by atoms with Crippen molar-refractivity contribution >= 4 is 17.7 Å². The van der Waals surface area contributed by atoms with Gasteiger partial charge in [-0.25, -0.2) is 9.59 Å². The van der Waals surface area contributed by atoms with E-state index >= 15 is 0 Å². The third-order valence-electron chi connectivity index (χ3n) is 3.77. The summed E-state index contributed by atoms with van der Waals surface area (Å²) >= 11 is 0. The van der Waals surface area contributed by atoms with Gasteiger partial charge in [0.15, 0.2) is 0 Å². The Morgan fingerprint density at radius 2 is 1.62 bits per heavy atom. The summed E-state index contributed by atoms with van der Waals surface area (Å²) in [4.78, 5) is 24.2. The Kier molecular flexibility index (Phi) is 5.70. The Balaban J connectivity index is 2.50. The van der Waals surface area contributed by atoms with Gasteiger partial charge in [0, 0.05) is 5.69 Å². The SMILES string of the molecule is COC(=O)c1cc(NC(=O)OC(C)(C)C)cc(-c2c(C)cccc2C)c1. The Hall–Kier alpha value is -2.82. The molecule has 1 amide bonds. The van der Waals surface area contributed by atoms with Crippen molar-refractivity contribution in [2.24, 2.45) is 0 Å². The van der Waals surface area contributed by atoms with Crippen molar-refractivity contribution in [2.45, 2.75) is 40.2 Å². The lowest BCUT2D eigenvalue weighted by molar-refractivity contribution is 0.0596. The summed E-state index contributed by atoms with van der Waals surface area (Å²) in [6, 6.07) is 11.2. The van der Waals surface area contributed by atoms with E-state index in [1.54, 1.807) is 32.9 Å². The highest BCUT2D eigenvalue weighted by atomic mass is 16.6. The van der Waals surface area contributed by atoms with Gasteiger partial charge in [-0.2, -0.15) is 0 Å². The molecule has 0 fully saturated rings. The first kappa shape index (κ1) is 19.5. The van der Waals surface area contributed by atoms with Crippen LogP contribution in [0.3, 0.4) is 0 Å². The second kappa shape index (κ2) is 7.60. The molecule has 0 aliphatic rings. The number of esters is 1. The molecular weight excluding hydrogens is 330 g/mol. The molecular formula is C21H25NO4. The van der Waals surface area contributed by atoms with Crippen LogP contribution in [0.25, 0.3) is 11.1 Å². The molecule has 0 spiro atoms. The van der Waals surface area contributed by atoms with Crippen molar-refractivity contribution < 1.29 is 19.1 Å². The summed E-state index contributed by atoms with van der Waals surface area (Å²) in [5, 5.41) is 2.70. The van der Waals surface area contributed by atoms with Crippen molar-refractivity contribution in [3.05, 3.63) is 53.1 Å². The van der Waals surface area contributed by atoms with E-state index in [1.807, 2.05) is 38.1 Å². The molecule has 0 aromatic heterocycles. The summed E-state index contributed by atoms with van der Waals surface area (Å²) in [7, 11) is 1.33. The predicted molar refractivity (Wildman–Crippen MR) is 103 cm³/mol. The number of methoxy groups -OCH3 is 1. The maximum Gasteiger partial charge on any atom is 0.412 e. The number of carbonyl (C=O) groups is 2. The smallest absolute Gasteiger partial charge is 0.412 e. The molecule has 0 bridgehead atoms. The lowest BCUT2D eigenvalue weighted by Gasteiger charge is -2.20. The normalized spacial score (nSPS) is 11.0. The van der Waals surface area contributed by atoms with Crippen LogP contribution in [0.4, 0.5) is 10.5 Å². The number of hydrogen-bond donors (Lipinski definition) is 1. The van der Waals surface area contributed by atoms with Crippen LogP contribution in [0.5, 0.6) is 0 Å². The zero-order valence-corrected chi connectivity index (χ0v) is 16.1. The van der Waals surface area contributed by atoms with E-state index in [0.717, 1.165) is 22.3 Å². The molecule has 1 N–H and O–H groups in total. The molecule has 0 atom stereocenters. The van der Waals surface area contributed by atoms with Gasteiger partial charge in [-0.3, -0.25) is 5.32 Å². The molecule has 0 heterocycles. The van der Waals surface area contributed by atoms with E-state index in [-0.39, 0.29) is 0 Å². The first-order chi connectivity index (χ1) is 12.1. The van der Waals surface area contributed by atoms with Gasteiger partial charge in [-0.15, -0.1) is 0 Å². The first-order valence-electron chi connectivity index (χ1n) is 8.40. The first-order valence-corrected chi connectivity index (χ1v) is 8.40. The fourth-order valence-corrected chi connectivity index (χ4v) is 2.77.